The Balaban J connectivity index is 2.35. The molecule has 0 aromatic rings. The van der Waals surface area contributed by atoms with E-state index in [0.717, 1.165) is 0 Å². The van der Waals surface area contributed by atoms with E-state index in [-0.39, 0.29) is 16.0 Å². The number of aliphatic hydroxyl groups is 1. The Morgan fingerprint density at radius 1 is 1.20 bits per heavy atom. The standard InChI is InChI=1S/C13H12Cl6O/c1-10(2,20)5-3-4-7-6-11(16)8(14)9(15)12(7,17)13(11,18)19/h7,20H,4,6H2,1-2H3/t7-,11+,12+/m1/s1. The highest BCUT2D eigenvalue weighted by molar-refractivity contribution is 6.65. The summed E-state index contributed by atoms with van der Waals surface area (Å²) < 4.78 is -1.50. The number of hydrogen-bond acceptors (Lipinski definition) is 1. The van der Waals surface area contributed by atoms with Crippen molar-refractivity contribution in [3.63, 3.8) is 0 Å². The normalized spacial score (nSPS) is 39.0. The summed E-state index contributed by atoms with van der Waals surface area (Å²) >= 11 is 38.1. The molecule has 0 radical (unpaired) electrons. The molecular weight excluding hydrogens is 385 g/mol. The second-order valence-corrected chi connectivity index (χ2v) is 9.01. The summed E-state index contributed by atoms with van der Waals surface area (Å²) in [5.41, 5.74) is -1.08. The van der Waals surface area contributed by atoms with E-state index in [2.05, 4.69) is 11.8 Å². The molecular formula is C13H12Cl6O. The van der Waals surface area contributed by atoms with Crippen LogP contribution >= 0.6 is 69.6 Å². The van der Waals surface area contributed by atoms with Crippen molar-refractivity contribution in [1.29, 1.82) is 0 Å². The van der Waals surface area contributed by atoms with Crippen LogP contribution in [0.15, 0.2) is 10.1 Å². The predicted molar refractivity (Wildman–Crippen MR) is 87.1 cm³/mol. The average molecular weight is 397 g/mol. The van der Waals surface area contributed by atoms with Crippen LogP contribution in [0.3, 0.4) is 0 Å². The molecule has 1 fully saturated rings. The number of allylic oxidation sites excluding steroid dienone is 2. The summed E-state index contributed by atoms with van der Waals surface area (Å²) in [7, 11) is 0. The Morgan fingerprint density at radius 2 is 1.75 bits per heavy atom. The van der Waals surface area contributed by atoms with Gasteiger partial charge in [0, 0.05) is 6.42 Å². The van der Waals surface area contributed by atoms with Gasteiger partial charge in [-0.3, -0.25) is 0 Å². The number of hydrogen-bond donors (Lipinski definition) is 1. The van der Waals surface area contributed by atoms with Gasteiger partial charge in [0.1, 0.15) is 15.3 Å². The number of halogens is 6. The van der Waals surface area contributed by atoms with Crippen molar-refractivity contribution >= 4 is 69.6 Å². The lowest BCUT2D eigenvalue weighted by atomic mass is 9.89. The minimum absolute atomic E-state index is 0.183. The van der Waals surface area contributed by atoms with Crippen LogP contribution in [-0.2, 0) is 0 Å². The molecule has 0 heterocycles. The Kier molecular flexibility index (Phi) is 4.34. The van der Waals surface area contributed by atoms with Crippen LogP contribution in [0.1, 0.15) is 26.7 Å². The molecule has 20 heavy (non-hydrogen) atoms. The van der Waals surface area contributed by atoms with Crippen molar-refractivity contribution in [1.82, 2.24) is 0 Å². The van der Waals surface area contributed by atoms with E-state index in [9.17, 15) is 5.11 Å². The Bertz CT molecular complexity index is 537. The molecule has 0 aromatic heterocycles. The van der Waals surface area contributed by atoms with E-state index in [1.807, 2.05) is 0 Å². The Morgan fingerprint density at radius 3 is 2.15 bits per heavy atom. The van der Waals surface area contributed by atoms with Crippen LogP contribution in [0.4, 0.5) is 0 Å². The number of rotatable bonds is 1. The molecule has 112 valence electrons. The molecule has 2 aliphatic rings. The summed E-state index contributed by atoms with van der Waals surface area (Å²) in [6.07, 6.45) is 0.740. The fourth-order valence-corrected chi connectivity index (χ4v) is 5.48. The van der Waals surface area contributed by atoms with Gasteiger partial charge in [-0.15, -0.1) is 23.2 Å². The maximum absolute atomic E-state index is 9.59. The average Bonchev–Trinajstić information content (AvgIpc) is 2.50. The third-order valence-electron chi connectivity index (χ3n) is 3.65. The van der Waals surface area contributed by atoms with Crippen molar-refractivity contribution < 1.29 is 5.11 Å². The largest absolute Gasteiger partial charge is 0.378 e. The molecule has 0 unspecified atom stereocenters. The van der Waals surface area contributed by atoms with Crippen LogP contribution < -0.4 is 0 Å². The second kappa shape index (κ2) is 5.00. The first-order chi connectivity index (χ1) is 8.88. The SMILES string of the molecule is CC(C)(O)C#CC[C@@H]1C[C@]2(Cl)C(Cl)=C(Cl)[C@]1(Cl)C2(Cl)Cl. The first kappa shape index (κ1) is 17.4. The van der Waals surface area contributed by atoms with Crippen LogP contribution in [0.25, 0.3) is 0 Å². The lowest BCUT2D eigenvalue weighted by molar-refractivity contribution is 0.143. The predicted octanol–water partition coefficient (Wildman–Crippen LogP) is 5.00. The third-order valence-corrected chi connectivity index (χ3v) is 7.97. The second-order valence-electron chi connectivity index (χ2n) is 5.68. The minimum Gasteiger partial charge on any atom is -0.378 e. The fraction of sp³-hybridized carbons (Fsp3) is 0.692. The Hall–Kier alpha value is 1.00. The molecule has 0 amide bonds. The van der Waals surface area contributed by atoms with Gasteiger partial charge in [-0.05, 0) is 26.2 Å². The lowest BCUT2D eigenvalue weighted by Crippen LogP contribution is -2.44. The molecule has 0 spiro atoms. The van der Waals surface area contributed by atoms with Gasteiger partial charge in [0.15, 0.2) is 4.33 Å². The van der Waals surface area contributed by atoms with E-state index >= 15 is 0 Å². The molecule has 1 N–H and O–H groups in total. The molecule has 2 rings (SSSR count). The van der Waals surface area contributed by atoms with Gasteiger partial charge in [0.2, 0.25) is 0 Å². The fourth-order valence-electron chi connectivity index (χ4n) is 2.63. The van der Waals surface area contributed by atoms with E-state index in [1.54, 1.807) is 13.8 Å². The first-order valence-electron chi connectivity index (χ1n) is 5.92. The van der Waals surface area contributed by atoms with Crippen molar-refractivity contribution in [3.8, 4) is 11.8 Å². The summed E-state index contributed by atoms with van der Waals surface area (Å²) in [6.45, 7) is 3.19. The molecule has 2 bridgehead atoms. The van der Waals surface area contributed by atoms with Gasteiger partial charge in [0.25, 0.3) is 0 Å². The third kappa shape index (κ3) is 2.19. The van der Waals surface area contributed by atoms with E-state index < -0.39 is 19.7 Å². The molecule has 1 saturated carbocycles. The van der Waals surface area contributed by atoms with E-state index in [0.29, 0.717) is 12.8 Å². The maximum Gasteiger partial charge on any atom is 0.166 e. The van der Waals surface area contributed by atoms with Gasteiger partial charge in [-0.1, -0.05) is 58.2 Å². The summed E-state index contributed by atoms with van der Waals surface area (Å²) in [6, 6.07) is 0. The van der Waals surface area contributed by atoms with Crippen LogP contribution in [0, 0.1) is 17.8 Å². The lowest BCUT2D eigenvalue weighted by Gasteiger charge is -2.33. The van der Waals surface area contributed by atoms with Gasteiger partial charge in [-0.2, -0.15) is 0 Å². The molecule has 2 aliphatic carbocycles. The van der Waals surface area contributed by atoms with Crippen molar-refractivity contribution in [2.45, 2.75) is 46.4 Å². The molecule has 7 heteroatoms. The van der Waals surface area contributed by atoms with Gasteiger partial charge in [-0.25, -0.2) is 0 Å². The minimum atomic E-state index is -1.50. The zero-order chi connectivity index (χ0) is 15.6. The molecule has 3 atom stereocenters. The summed E-state index contributed by atoms with van der Waals surface area (Å²) in [4.78, 5) is -2.46. The van der Waals surface area contributed by atoms with Crippen LogP contribution in [-0.4, -0.2) is 24.8 Å². The Labute approximate surface area is 148 Å². The van der Waals surface area contributed by atoms with Gasteiger partial charge >= 0.3 is 0 Å². The number of alkyl halides is 4. The zero-order valence-corrected chi connectivity index (χ0v) is 15.2. The van der Waals surface area contributed by atoms with Crippen LogP contribution in [0.2, 0.25) is 0 Å². The monoisotopic (exact) mass is 394 g/mol. The summed E-state index contributed by atoms with van der Waals surface area (Å²) in [5, 5.41) is 9.98. The van der Waals surface area contributed by atoms with Gasteiger partial charge < -0.3 is 5.11 Å². The maximum atomic E-state index is 9.59. The first-order valence-corrected chi connectivity index (χ1v) is 8.19. The smallest absolute Gasteiger partial charge is 0.166 e. The van der Waals surface area contributed by atoms with Gasteiger partial charge in [0.05, 0.1) is 10.1 Å². The number of fused-ring (bicyclic) bond motifs is 2. The summed E-state index contributed by atoms with van der Waals surface area (Å²) in [5.74, 6) is 5.35. The highest BCUT2D eigenvalue weighted by atomic mass is 35.5. The van der Waals surface area contributed by atoms with Crippen LogP contribution in [0.5, 0.6) is 0 Å². The van der Waals surface area contributed by atoms with E-state index in [4.69, 9.17) is 69.6 Å². The topological polar surface area (TPSA) is 20.2 Å². The molecule has 0 saturated heterocycles. The highest BCUT2D eigenvalue weighted by Crippen LogP contribution is 2.74. The molecule has 0 aromatic carbocycles. The van der Waals surface area contributed by atoms with E-state index in [1.165, 1.54) is 0 Å². The van der Waals surface area contributed by atoms with Crippen molar-refractivity contribution in [2.24, 2.45) is 5.92 Å². The van der Waals surface area contributed by atoms with Crippen molar-refractivity contribution in [2.75, 3.05) is 0 Å². The van der Waals surface area contributed by atoms with Crippen molar-refractivity contribution in [3.05, 3.63) is 10.1 Å². The zero-order valence-electron chi connectivity index (χ0n) is 10.7. The quantitative estimate of drug-likeness (QED) is 0.488. The highest BCUT2D eigenvalue weighted by Gasteiger charge is 2.78. The molecule has 1 nitrogen and oxygen atoms in total. The molecule has 0 aliphatic heterocycles.